The SMILES string of the molecule is CC1CCC(CCNCc2ccc(F)c(Br)c2)CC1. The monoisotopic (exact) mass is 327 g/mol. The van der Waals surface area contributed by atoms with Gasteiger partial charge in [0.15, 0.2) is 0 Å². The minimum absolute atomic E-state index is 0.194. The maximum absolute atomic E-state index is 13.1. The average molecular weight is 328 g/mol. The molecule has 1 aliphatic rings. The molecule has 0 radical (unpaired) electrons. The van der Waals surface area contributed by atoms with E-state index >= 15 is 0 Å². The molecule has 1 aromatic carbocycles. The maximum atomic E-state index is 13.1. The summed E-state index contributed by atoms with van der Waals surface area (Å²) in [6.07, 6.45) is 6.86. The van der Waals surface area contributed by atoms with Crippen LogP contribution in [0.4, 0.5) is 4.39 Å². The predicted molar refractivity (Wildman–Crippen MR) is 81.5 cm³/mol. The van der Waals surface area contributed by atoms with Crippen molar-refractivity contribution in [2.45, 2.75) is 45.6 Å². The first-order valence-electron chi connectivity index (χ1n) is 7.30. The van der Waals surface area contributed by atoms with Crippen molar-refractivity contribution in [3.8, 4) is 0 Å². The summed E-state index contributed by atoms with van der Waals surface area (Å²) in [7, 11) is 0. The Bertz CT molecular complexity index is 400. The van der Waals surface area contributed by atoms with Crippen molar-refractivity contribution in [3.63, 3.8) is 0 Å². The molecule has 1 saturated carbocycles. The molecule has 1 fully saturated rings. The standard InChI is InChI=1S/C16H23BrFN/c1-12-2-4-13(5-3-12)8-9-19-11-14-6-7-16(18)15(17)10-14/h6-7,10,12-13,19H,2-5,8-9,11H2,1H3. The van der Waals surface area contributed by atoms with E-state index in [0.29, 0.717) is 4.47 Å². The van der Waals surface area contributed by atoms with E-state index in [2.05, 4.69) is 28.2 Å². The van der Waals surface area contributed by atoms with Gasteiger partial charge < -0.3 is 5.32 Å². The molecule has 0 heterocycles. The Morgan fingerprint density at radius 2 is 2.00 bits per heavy atom. The molecule has 0 aromatic heterocycles. The normalized spacial score (nSPS) is 23.5. The summed E-state index contributed by atoms with van der Waals surface area (Å²) in [4.78, 5) is 0. The van der Waals surface area contributed by atoms with Gasteiger partial charge in [-0.2, -0.15) is 0 Å². The molecule has 0 saturated heterocycles. The Kier molecular flexibility index (Phi) is 5.83. The van der Waals surface area contributed by atoms with E-state index in [4.69, 9.17) is 0 Å². The highest BCUT2D eigenvalue weighted by Crippen LogP contribution is 2.29. The summed E-state index contributed by atoms with van der Waals surface area (Å²) in [6, 6.07) is 5.21. The van der Waals surface area contributed by atoms with Gasteiger partial charge >= 0.3 is 0 Å². The summed E-state index contributed by atoms with van der Waals surface area (Å²) in [5, 5.41) is 3.46. The Labute approximate surface area is 124 Å². The number of benzene rings is 1. The van der Waals surface area contributed by atoms with Crippen LogP contribution in [0.15, 0.2) is 22.7 Å². The van der Waals surface area contributed by atoms with Gasteiger partial charge in [0.1, 0.15) is 5.82 Å². The van der Waals surface area contributed by atoms with Crippen molar-refractivity contribution in [1.29, 1.82) is 0 Å². The van der Waals surface area contributed by atoms with Gasteiger partial charge in [-0.3, -0.25) is 0 Å². The number of halogens is 2. The van der Waals surface area contributed by atoms with E-state index < -0.39 is 0 Å². The molecule has 0 spiro atoms. The van der Waals surface area contributed by atoms with Crippen LogP contribution < -0.4 is 5.32 Å². The first-order valence-corrected chi connectivity index (χ1v) is 8.09. The topological polar surface area (TPSA) is 12.0 Å². The van der Waals surface area contributed by atoms with Crippen molar-refractivity contribution in [1.82, 2.24) is 5.32 Å². The van der Waals surface area contributed by atoms with Gasteiger partial charge in [0.2, 0.25) is 0 Å². The molecule has 2 rings (SSSR count). The second-order valence-corrected chi connectivity index (χ2v) is 6.69. The maximum Gasteiger partial charge on any atom is 0.137 e. The van der Waals surface area contributed by atoms with Crippen molar-refractivity contribution >= 4 is 15.9 Å². The Balaban J connectivity index is 1.65. The first-order chi connectivity index (χ1) is 9.15. The van der Waals surface area contributed by atoms with E-state index in [9.17, 15) is 4.39 Å². The van der Waals surface area contributed by atoms with Crippen molar-refractivity contribution < 1.29 is 4.39 Å². The average Bonchev–Trinajstić information content (AvgIpc) is 2.41. The van der Waals surface area contributed by atoms with E-state index in [0.717, 1.165) is 30.5 Å². The third kappa shape index (κ3) is 4.88. The summed E-state index contributed by atoms with van der Waals surface area (Å²) < 4.78 is 13.6. The highest BCUT2D eigenvalue weighted by molar-refractivity contribution is 9.10. The van der Waals surface area contributed by atoms with Gasteiger partial charge in [0.05, 0.1) is 4.47 Å². The van der Waals surface area contributed by atoms with Crippen LogP contribution in [0.1, 0.15) is 44.6 Å². The molecule has 1 N–H and O–H groups in total. The third-order valence-corrected chi connectivity index (χ3v) is 4.79. The molecular formula is C16H23BrFN. The van der Waals surface area contributed by atoms with Crippen LogP contribution in [0.3, 0.4) is 0 Å². The molecule has 106 valence electrons. The second kappa shape index (κ2) is 7.39. The van der Waals surface area contributed by atoms with Crippen LogP contribution in [0.5, 0.6) is 0 Å². The fourth-order valence-electron chi connectivity index (χ4n) is 2.81. The van der Waals surface area contributed by atoms with Gasteiger partial charge in [-0.15, -0.1) is 0 Å². The minimum Gasteiger partial charge on any atom is -0.313 e. The number of nitrogens with one attached hydrogen (secondary N) is 1. The number of hydrogen-bond acceptors (Lipinski definition) is 1. The molecule has 1 nitrogen and oxygen atoms in total. The van der Waals surface area contributed by atoms with Crippen LogP contribution in [0, 0.1) is 17.7 Å². The van der Waals surface area contributed by atoms with E-state index in [-0.39, 0.29) is 5.82 Å². The largest absolute Gasteiger partial charge is 0.313 e. The van der Waals surface area contributed by atoms with Crippen LogP contribution >= 0.6 is 15.9 Å². The molecule has 3 heteroatoms. The first kappa shape index (κ1) is 15.0. The van der Waals surface area contributed by atoms with E-state index in [1.165, 1.54) is 38.2 Å². The number of rotatable bonds is 5. The van der Waals surface area contributed by atoms with Gasteiger partial charge in [-0.1, -0.05) is 38.7 Å². The van der Waals surface area contributed by atoms with E-state index in [1.807, 2.05) is 12.1 Å². The highest BCUT2D eigenvalue weighted by Gasteiger charge is 2.17. The zero-order valence-corrected chi connectivity index (χ0v) is 13.2. The van der Waals surface area contributed by atoms with Crippen molar-refractivity contribution in [2.24, 2.45) is 11.8 Å². The lowest BCUT2D eigenvalue weighted by molar-refractivity contribution is 0.275. The molecule has 1 aliphatic carbocycles. The van der Waals surface area contributed by atoms with Gasteiger partial charge in [-0.25, -0.2) is 4.39 Å². The molecule has 0 unspecified atom stereocenters. The van der Waals surface area contributed by atoms with E-state index in [1.54, 1.807) is 0 Å². The molecule has 0 atom stereocenters. The van der Waals surface area contributed by atoms with Gasteiger partial charge in [-0.05, 0) is 58.4 Å². The zero-order chi connectivity index (χ0) is 13.7. The van der Waals surface area contributed by atoms with Gasteiger partial charge in [0.25, 0.3) is 0 Å². The third-order valence-electron chi connectivity index (χ3n) is 4.18. The Hall–Kier alpha value is -0.410. The highest BCUT2D eigenvalue weighted by atomic mass is 79.9. The Morgan fingerprint density at radius 1 is 1.26 bits per heavy atom. The molecule has 0 aliphatic heterocycles. The quantitative estimate of drug-likeness (QED) is 0.759. The summed E-state index contributed by atoms with van der Waals surface area (Å²) in [6.45, 7) is 4.25. The van der Waals surface area contributed by atoms with Crippen LogP contribution in [-0.4, -0.2) is 6.54 Å². The summed E-state index contributed by atoms with van der Waals surface area (Å²) in [5.41, 5.74) is 1.13. The van der Waals surface area contributed by atoms with Crippen molar-refractivity contribution in [3.05, 3.63) is 34.1 Å². The second-order valence-electron chi connectivity index (χ2n) is 5.84. The van der Waals surface area contributed by atoms with Crippen LogP contribution in [0.2, 0.25) is 0 Å². The van der Waals surface area contributed by atoms with Gasteiger partial charge in [0, 0.05) is 6.54 Å². The number of hydrogen-bond donors (Lipinski definition) is 1. The lowest BCUT2D eigenvalue weighted by Gasteiger charge is -2.26. The van der Waals surface area contributed by atoms with Crippen LogP contribution in [0.25, 0.3) is 0 Å². The fourth-order valence-corrected chi connectivity index (χ4v) is 3.23. The predicted octanol–water partition coefficient (Wildman–Crippen LogP) is 4.89. The molecule has 0 bridgehead atoms. The fraction of sp³-hybridized carbons (Fsp3) is 0.625. The molecular weight excluding hydrogens is 305 g/mol. The lowest BCUT2D eigenvalue weighted by Crippen LogP contribution is -2.20. The Morgan fingerprint density at radius 3 is 2.68 bits per heavy atom. The molecule has 19 heavy (non-hydrogen) atoms. The van der Waals surface area contributed by atoms with Crippen molar-refractivity contribution in [2.75, 3.05) is 6.54 Å². The lowest BCUT2D eigenvalue weighted by atomic mass is 9.81. The minimum atomic E-state index is -0.194. The summed E-state index contributed by atoms with van der Waals surface area (Å²) in [5.74, 6) is 1.64. The van der Waals surface area contributed by atoms with Crippen LogP contribution in [-0.2, 0) is 6.54 Å². The summed E-state index contributed by atoms with van der Waals surface area (Å²) >= 11 is 3.22. The zero-order valence-electron chi connectivity index (χ0n) is 11.6. The smallest absolute Gasteiger partial charge is 0.137 e. The molecule has 0 amide bonds. The molecule has 1 aromatic rings.